The SMILES string of the molecule is CCOc1ccc(/C=C2/NC(=O)N(Cc3ccc(Br)cc3)C2=O)cc1Br. The van der Waals surface area contributed by atoms with Crippen molar-refractivity contribution >= 4 is 49.9 Å². The second kappa shape index (κ2) is 8.05. The van der Waals surface area contributed by atoms with Crippen molar-refractivity contribution in [3.63, 3.8) is 0 Å². The molecule has 0 atom stereocenters. The van der Waals surface area contributed by atoms with Gasteiger partial charge in [-0.25, -0.2) is 4.79 Å². The average Bonchev–Trinajstić information content (AvgIpc) is 2.87. The minimum Gasteiger partial charge on any atom is -0.493 e. The van der Waals surface area contributed by atoms with Crippen molar-refractivity contribution in [1.29, 1.82) is 0 Å². The Morgan fingerprint density at radius 3 is 2.50 bits per heavy atom. The molecule has 1 N–H and O–H groups in total. The molecule has 0 unspecified atom stereocenters. The Morgan fingerprint density at radius 2 is 1.85 bits per heavy atom. The number of ether oxygens (including phenoxy) is 1. The van der Waals surface area contributed by atoms with Gasteiger partial charge in [0.25, 0.3) is 5.91 Å². The van der Waals surface area contributed by atoms with Crippen LogP contribution < -0.4 is 10.1 Å². The molecule has 7 heteroatoms. The molecule has 0 radical (unpaired) electrons. The number of hydrogen-bond acceptors (Lipinski definition) is 3. The third-order valence-corrected chi connectivity index (χ3v) is 4.93. The third kappa shape index (κ3) is 4.16. The number of benzene rings is 2. The van der Waals surface area contributed by atoms with Crippen LogP contribution in [0.1, 0.15) is 18.1 Å². The second-order valence-corrected chi connectivity index (χ2v) is 7.40. The van der Waals surface area contributed by atoms with Gasteiger partial charge in [0, 0.05) is 4.47 Å². The fourth-order valence-corrected chi connectivity index (χ4v) is 3.31. The van der Waals surface area contributed by atoms with Gasteiger partial charge in [-0.2, -0.15) is 0 Å². The van der Waals surface area contributed by atoms with Crippen LogP contribution in [-0.4, -0.2) is 23.4 Å². The van der Waals surface area contributed by atoms with E-state index in [1.807, 2.05) is 49.4 Å². The van der Waals surface area contributed by atoms with E-state index in [2.05, 4.69) is 37.2 Å². The Labute approximate surface area is 168 Å². The zero-order valence-electron chi connectivity index (χ0n) is 14.0. The summed E-state index contributed by atoms with van der Waals surface area (Å²) in [5.41, 5.74) is 1.92. The first kappa shape index (κ1) is 18.7. The van der Waals surface area contributed by atoms with Gasteiger partial charge in [-0.15, -0.1) is 0 Å². The molecule has 1 heterocycles. The molecule has 3 rings (SSSR count). The van der Waals surface area contributed by atoms with Crippen LogP contribution in [0, 0.1) is 0 Å². The van der Waals surface area contributed by atoms with Crippen LogP contribution >= 0.6 is 31.9 Å². The number of carbonyl (C=O) groups excluding carboxylic acids is 2. The van der Waals surface area contributed by atoms with Crippen molar-refractivity contribution in [2.45, 2.75) is 13.5 Å². The van der Waals surface area contributed by atoms with E-state index in [-0.39, 0.29) is 18.1 Å². The van der Waals surface area contributed by atoms with Crippen LogP contribution in [0.15, 0.2) is 57.1 Å². The zero-order chi connectivity index (χ0) is 18.7. The molecule has 0 bridgehead atoms. The molecule has 5 nitrogen and oxygen atoms in total. The highest BCUT2D eigenvalue weighted by Gasteiger charge is 2.33. The number of rotatable bonds is 5. The predicted octanol–water partition coefficient (Wildman–Crippen LogP) is 4.70. The zero-order valence-corrected chi connectivity index (χ0v) is 17.1. The number of imide groups is 1. The molecule has 1 aliphatic rings. The summed E-state index contributed by atoms with van der Waals surface area (Å²) in [6, 6.07) is 12.6. The lowest BCUT2D eigenvalue weighted by molar-refractivity contribution is -0.123. The topological polar surface area (TPSA) is 58.6 Å². The van der Waals surface area contributed by atoms with E-state index >= 15 is 0 Å². The van der Waals surface area contributed by atoms with E-state index in [9.17, 15) is 9.59 Å². The lowest BCUT2D eigenvalue weighted by atomic mass is 10.1. The number of urea groups is 1. The summed E-state index contributed by atoms with van der Waals surface area (Å²) in [4.78, 5) is 25.9. The Bertz CT molecular complexity index is 879. The largest absolute Gasteiger partial charge is 0.493 e. The summed E-state index contributed by atoms with van der Waals surface area (Å²) >= 11 is 6.81. The van der Waals surface area contributed by atoms with Crippen molar-refractivity contribution < 1.29 is 14.3 Å². The van der Waals surface area contributed by atoms with Gasteiger partial charge in [-0.05, 0) is 64.3 Å². The molecule has 3 amide bonds. The molecule has 1 fully saturated rings. The van der Waals surface area contributed by atoms with Gasteiger partial charge in [-0.1, -0.05) is 34.1 Å². The number of nitrogens with one attached hydrogen (secondary N) is 1. The van der Waals surface area contributed by atoms with Crippen LogP contribution in [0.2, 0.25) is 0 Å². The maximum atomic E-state index is 12.6. The van der Waals surface area contributed by atoms with Crippen LogP contribution in [0.25, 0.3) is 6.08 Å². The molecule has 1 saturated heterocycles. The Kier molecular flexibility index (Phi) is 5.78. The first-order valence-electron chi connectivity index (χ1n) is 7.99. The van der Waals surface area contributed by atoms with E-state index in [1.165, 1.54) is 4.90 Å². The fourth-order valence-electron chi connectivity index (χ4n) is 2.53. The van der Waals surface area contributed by atoms with Crippen LogP contribution in [0.5, 0.6) is 5.75 Å². The van der Waals surface area contributed by atoms with Crippen molar-refractivity contribution in [3.8, 4) is 5.75 Å². The van der Waals surface area contributed by atoms with Gasteiger partial charge in [0.1, 0.15) is 11.4 Å². The lowest BCUT2D eigenvalue weighted by Crippen LogP contribution is -2.30. The van der Waals surface area contributed by atoms with Gasteiger partial charge in [-0.3, -0.25) is 9.69 Å². The Morgan fingerprint density at radius 1 is 1.12 bits per heavy atom. The molecular formula is C19H16Br2N2O3. The summed E-state index contributed by atoms with van der Waals surface area (Å²) in [7, 11) is 0. The van der Waals surface area contributed by atoms with Gasteiger partial charge >= 0.3 is 6.03 Å². The summed E-state index contributed by atoms with van der Waals surface area (Å²) in [6.45, 7) is 2.70. The highest BCUT2D eigenvalue weighted by atomic mass is 79.9. The monoisotopic (exact) mass is 478 g/mol. The van der Waals surface area contributed by atoms with Crippen LogP contribution in [0.3, 0.4) is 0 Å². The quantitative estimate of drug-likeness (QED) is 0.499. The number of carbonyl (C=O) groups is 2. The first-order chi connectivity index (χ1) is 12.5. The fraction of sp³-hybridized carbons (Fsp3) is 0.158. The van der Waals surface area contributed by atoms with Crippen LogP contribution in [-0.2, 0) is 11.3 Å². The van der Waals surface area contributed by atoms with Gasteiger partial charge in [0.2, 0.25) is 0 Å². The number of hydrogen-bond donors (Lipinski definition) is 1. The van der Waals surface area contributed by atoms with Gasteiger partial charge in [0.05, 0.1) is 17.6 Å². The molecule has 134 valence electrons. The number of nitrogens with zero attached hydrogens (tertiary/aromatic N) is 1. The van der Waals surface area contributed by atoms with Gasteiger partial charge in [0.15, 0.2) is 0 Å². The first-order valence-corrected chi connectivity index (χ1v) is 9.58. The third-order valence-electron chi connectivity index (χ3n) is 3.78. The minimum absolute atomic E-state index is 0.224. The van der Waals surface area contributed by atoms with E-state index in [1.54, 1.807) is 6.08 Å². The summed E-state index contributed by atoms with van der Waals surface area (Å²) in [5, 5.41) is 2.64. The van der Waals surface area contributed by atoms with Crippen molar-refractivity contribution in [3.05, 3.63) is 68.2 Å². The molecule has 0 aromatic heterocycles. The Hall–Kier alpha value is -2.12. The smallest absolute Gasteiger partial charge is 0.329 e. The standard InChI is InChI=1S/C19H16Br2N2O3/c1-2-26-17-8-5-13(9-15(17)21)10-16-18(24)23(19(25)22-16)11-12-3-6-14(20)7-4-12/h3-10H,2,11H2,1H3,(H,22,25)/b16-10+. The number of halogens is 2. The van der Waals surface area contributed by atoms with Crippen molar-refractivity contribution in [2.24, 2.45) is 0 Å². The van der Waals surface area contributed by atoms with E-state index in [4.69, 9.17) is 4.74 Å². The minimum atomic E-state index is -0.422. The molecule has 0 spiro atoms. The summed E-state index contributed by atoms with van der Waals surface area (Å²) < 4.78 is 7.21. The Balaban J connectivity index is 1.78. The van der Waals surface area contributed by atoms with E-state index in [0.717, 1.165) is 25.8 Å². The van der Waals surface area contributed by atoms with E-state index in [0.29, 0.717) is 6.61 Å². The maximum absolute atomic E-state index is 12.6. The molecular weight excluding hydrogens is 464 g/mol. The maximum Gasteiger partial charge on any atom is 0.329 e. The number of amides is 3. The molecule has 0 aliphatic carbocycles. The van der Waals surface area contributed by atoms with Crippen molar-refractivity contribution in [2.75, 3.05) is 6.61 Å². The molecule has 2 aromatic carbocycles. The van der Waals surface area contributed by atoms with E-state index < -0.39 is 6.03 Å². The molecule has 2 aromatic rings. The van der Waals surface area contributed by atoms with Gasteiger partial charge < -0.3 is 10.1 Å². The average molecular weight is 480 g/mol. The molecule has 1 aliphatic heterocycles. The summed E-state index contributed by atoms with van der Waals surface area (Å²) in [5.74, 6) is 0.385. The normalized spacial score (nSPS) is 15.5. The molecule has 0 saturated carbocycles. The summed E-state index contributed by atoms with van der Waals surface area (Å²) in [6.07, 6.45) is 1.66. The van der Waals surface area contributed by atoms with Crippen LogP contribution in [0.4, 0.5) is 4.79 Å². The lowest BCUT2D eigenvalue weighted by Gasteiger charge is -2.11. The highest BCUT2D eigenvalue weighted by Crippen LogP contribution is 2.27. The predicted molar refractivity (Wildman–Crippen MR) is 107 cm³/mol. The second-order valence-electron chi connectivity index (χ2n) is 5.63. The van der Waals surface area contributed by atoms with Crippen molar-refractivity contribution in [1.82, 2.24) is 10.2 Å². The molecule has 26 heavy (non-hydrogen) atoms. The highest BCUT2D eigenvalue weighted by molar-refractivity contribution is 9.10.